The molecule has 115 valence electrons. The third kappa shape index (κ3) is 8.20. The fraction of sp³-hybridized carbons (Fsp3) is 1.00. The maximum absolute atomic E-state index is 5.65. The Labute approximate surface area is 170 Å². The van der Waals surface area contributed by atoms with E-state index in [-0.39, 0.29) is 0 Å². The predicted molar refractivity (Wildman–Crippen MR) is 90.9 cm³/mol. The Morgan fingerprint density at radius 3 is 0.684 bits per heavy atom. The van der Waals surface area contributed by atoms with Gasteiger partial charge in [0.15, 0.2) is 0 Å². The zero-order chi connectivity index (χ0) is 15.9. The number of halogens is 12. The summed E-state index contributed by atoms with van der Waals surface area (Å²) in [7, 11) is 0. The number of alkyl halides is 12. The summed E-state index contributed by atoms with van der Waals surface area (Å²) < 4.78 is -8.52. The maximum Gasteiger partial charge on any atom is 0.211 e. The number of hydrogen-bond donors (Lipinski definition) is 0. The fourth-order valence-electron chi connectivity index (χ4n) is 0.858. The summed E-state index contributed by atoms with van der Waals surface area (Å²) in [5, 5.41) is 3.78. The van der Waals surface area contributed by atoms with E-state index in [1.165, 1.54) is 0 Å². The molecule has 0 spiro atoms. The highest BCUT2D eigenvalue weighted by Crippen LogP contribution is 2.49. The van der Waals surface area contributed by atoms with Crippen LogP contribution in [0, 0.1) is 0 Å². The Hall–Kier alpha value is 3.44. The summed E-state index contributed by atoms with van der Waals surface area (Å²) in [5.74, 6) is 0. The zero-order valence-electron chi connectivity index (χ0n) is 8.14. The Kier molecular flexibility index (Phi) is 8.92. The highest BCUT2D eigenvalue weighted by Gasteiger charge is 2.55. The lowest BCUT2D eigenvalue weighted by Gasteiger charge is -2.37. The van der Waals surface area contributed by atoms with Gasteiger partial charge in [-0.25, -0.2) is 5.32 Å². The van der Waals surface area contributed by atoms with Crippen LogP contribution in [0.2, 0.25) is 0 Å². The molecule has 0 rings (SSSR count). The summed E-state index contributed by atoms with van der Waals surface area (Å²) in [6, 6.07) is -3.10. The molecule has 0 aliphatic carbocycles. The summed E-state index contributed by atoms with van der Waals surface area (Å²) in [5.41, 5.74) is 0. The minimum Gasteiger partial charge on any atom is -0.217 e. The molecule has 0 bridgehead atoms. The molecule has 0 aromatic carbocycles. The minimum absolute atomic E-state index is 1.55. The van der Waals surface area contributed by atoms with E-state index in [9.17, 15) is 0 Å². The van der Waals surface area contributed by atoms with Crippen molar-refractivity contribution in [1.82, 2.24) is 5.32 Å². The standard InChI is InChI=1S/C6H2Cl12N/c7-3(8,9)1(4(10,11)12)19-2(5(13,14)15)6(16,17)18/h1-2H. The first kappa shape index (κ1) is 22.4. The van der Waals surface area contributed by atoms with Gasteiger partial charge in [0.2, 0.25) is 15.2 Å². The molecule has 13 heteroatoms. The van der Waals surface area contributed by atoms with Gasteiger partial charge in [-0.05, 0) is 0 Å². The lowest BCUT2D eigenvalue weighted by Crippen LogP contribution is -2.56. The van der Waals surface area contributed by atoms with Crippen LogP contribution in [0.5, 0.6) is 0 Å². The van der Waals surface area contributed by atoms with Crippen molar-refractivity contribution in [3.05, 3.63) is 0 Å². The normalized spacial score (nSPS) is 15.5. The van der Waals surface area contributed by atoms with Crippen LogP contribution in [-0.4, -0.2) is 27.3 Å². The molecule has 0 aliphatic heterocycles. The first-order chi connectivity index (χ1) is 7.97. The third-order valence-corrected chi connectivity index (χ3v) is 4.02. The predicted octanol–water partition coefficient (Wildman–Crippen LogP) is 6.81. The molecular weight excluding hydrogens is 512 g/mol. The molecule has 0 N–H and O–H groups in total. The van der Waals surface area contributed by atoms with E-state index in [0.29, 0.717) is 0 Å². The number of nitrogens with zero attached hydrogens (tertiary/aromatic N) is 1. The lowest BCUT2D eigenvalue weighted by atomic mass is 10.3. The van der Waals surface area contributed by atoms with Crippen molar-refractivity contribution >= 4 is 139 Å². The van der Waals surface area contributed by atoms with E-state index in [1.54, 1.807) is 0 Å². The van der Waals surface area contributed by atoms with Gasteiger partial charge in [-0.15, -0.1) is 0 Å². The zero-order valence-corrected chi connectivity index (χ0v) is 17.2. The number of hydrogen-bond acceptors (Lipinski definition) is 0. The van der Waals surface area contributed by atoms with E-state index in [4.69, 9.17) is 139 Å². The van der Waals surface area contributed by atoms with Crippen molar-refractivity contribution in [3.63, 3.8) is 0 Å². The van der Waals surface area contributed by atoms with Crippen molar-refractivity contribution in [2.24, 2.45) is 0 Å². The average Bonchev–Trinajstić information content (AvgIpc) is 1.91. The third-order valence-electron chi connectivity index (χ3n) is 1.54. The smallest absolute Gasteiger partial charge is 0.211 e. The maximum atomic E-state index is 5.65. The van der Waals surface area contributed by atoms with Crippen LogP contribution < -0.4 is 5.32 Å². The molecule has 0 aliphatic rings. The Morgan fingerprint density at radius 1 is 0.421 bits per heavy atom. The first-order valence-electron chi connectivity index (χ1n) is 3.94. The molecule has 0 aromatic heterocycles. The second-order valence-electron chi connectivity index (χ2n) is 3.12. The molecule has 0 saturated heterocycles. The van der Waals surface area contributed by atoms with Crippen LogP contribution in [-0.2, 0) is 0 Å². The van der Waals surface area contributed by atoms with Gasteiger partial charge in [-0.2, -0.15) is 0 Å². The van der Waals surface area contributed by atoms with Crippen molar-refractivity contribution in [3.8, 4) is 0 Å². The molecule has 0 fully saturated rings. The van der Waals surface area contributed by atoms with Gasteiger partial charge in [0.05, 0.1) is 0 Å². The summed E-state index contributed by atoms with van der Waals surface area (Å²) in [4.78, 5) is 0. The monoisotopic (exact) mass is 508 g/mol. The molecular formula is C6H2Cl12N. The highest BCUT2D eigenvalue weighted by atomic mass is 35.6. The molecule has 0 amide bonds. The molecule has 0 unspecified atom stereocenters. The highest BCUT2D eigenvalue weighted by molar-refractivity contribution is 6.74. The van der Waals surface area contributed by atoms with Crippen LogP contribution in [0.1, 0.15) is 0 Å². The van der Waals surface area contributed by atoms with Crippen LogP contribution in [0.25, 0.3) is 0 Å². The molecule has 0 atom stereocenters. The largest absolute Gasteiger partial charge is 0.217 e. The Bertz CT molecular complexity index is 233. The van der Waals surface area contributed by atoms with Crippen LogP contribution >= 0.6 is 139 Å². The molecule has 0 saturated carbocycles. The molecule has 1 nitrogen and oxygen atoms in total. The molecule has 0 heterocycles. The van der Waals surface area contributed by atoms with Crippen molar-refractivity contribution in [2.75, 3.05) is 0 Å². The minimum atomic E-state index is -2.13. The van der Waals surface area contributed by atoms with Crippen molar-refractivity contribution in [1.29, 1.82) is 0 Å². The van der Waals surface area contributed by atoms with E-state index < -0.39 is 27.3 Å². The number of rotatable bonds is 2. The van der Waals surface area contributed by atoms with Gasteiger partial charge in [-0.3, -0.25) is 0 Å². The Balaban J connectivity index is 5.43. The van der Waals surface area contributed by atoms with Crippen LogP contribution in [0.4, 0.5) is 0 Å². The van der Waals surface area contributed by atoms with Crippen LogP contribution in [0.15, 0.2) is 0 Å². The van der Waals surface area contributed by atoms with Gasteiger partial charge in [0.1, 0.15) is 12.1 Å². The summed E-state index contributed by atoms with van der Waals surface area (Å²) in [6.07, 6.45) is 0. The lowest BCUT2D eigenvalue weighted by molar-refractivity contribution is 0.424. The quantitative estimate of drug-likeness (QED) is 0.360. The molecule has 0 aromatic rings. The summed E-state index contributed by atoms with van der Waals surface area (Å²) >= 11 is 67.8. The summed E-state index contributed by atoms with van der Waals surface area (Å²) in [6.45, 7) is 0. The topological polar surface area (TPSA) is 14.1 Å². The fourth-order valence-corrected chi connectivity index (χ4v) is 4.50. The van der Waals surface area contributed by atoms with Gasteiger partial charge < -0.3 is 0 Å². The van der Waals surface area contributed by atoms with E-state index in [1.807, 2.05) is 0 Å². The SMILES string of the molecule is ClC(Cl)(Cl)C([N]C(C(Cl)(Cl)Cl)C(Cl)(Cl)Cl)C(Cl)(Cl)Cl. The van der Waals surface area contributed by atoms with E-state index in [0.717, 1.165) is 0 Å². The molecule has 1 radical (unpaired) electrons. The van der Waals surface area contributed by atoms with Gasteiger partial charge in [0, 0.05) is 0 Å². The second kappa shape index (κ2) is 7.55. The van der Waals surface area contributed by atoms with E-state index >= 15 is 0 Å². The Morgan fingerprint density at radius 2 is 0.579 bits per heavy atom. The van der Waals surface area contributed by atoms with Crippen molar-refractivity contribution in [2.45, 2.75) is 27.3 Å². The van der Waals surface area contributed by atoms with Gasteiger partial charge in [0.25, 0.3) is 0 Å². The molecule has 19 heavy (non-hydrogen) atoms. The van der Waals surface area contributed by atoms with Gasteiger partial charge in [-0.1, -0.05) is 139 Å². The second-order valence-corrected chi connectivity index (χ2v) is 12.6. The van der Waals surface area contributed by atoms with Crippen molar-refractivity contribution < 1.29 is 0 Å². The van der Waals surface area contributed by atoms with Crippen LogP contribution in [0.3, 0.4) is 0 Å². The van der Waals surface area contributed by atoms with Gasteiger partial charge >= 0.3 is 0 Å². The van der Waals surface area contributed by atoms with E-state index in [2.05, 4.69) is 5.32 Å². The average molecular weight is 514 g/mol. The first-order valence-corrected chi connectivity index (χ1v) is 8.47.